The van der Waals surface area contributed by atoms with Crippen molar-refractivity contribution in [3.63, 3.8) is 0 Å². The van der Waals surface area contributed by atoms with Crippen LogP contribution in [0.15, 0.2) is 48.5 Å². The Morgan fingerprint density at radius 2 is 1.57 bits per heavy atom. The van der Waals surface area contributed by atoms with Crippen molar-refractivity contribution in [1.82, 2.24) is 20.4 Å². The molecular weight excluding hydrogens is 440 g/mol. The number of likely N-dealkylation sites (tertiary alicyclic amines) is 1. The molecule has 35 heavy (non-hydrogen) atoms. The van der Waals surface area contributed by atoms with Gasteiger partial charge in [0.1, 0.15) is 12.1 Å². The Hall–Kier alpha value is -2.74. The number of fused-ring (bicyclic) bond motifs is 1. The average Bonchev–Trinajstić information content (AvgIpc) is 3.19. The number of piperidine rings is 1. The van der Waals surface area contributed by atoms with Crippen LogP contribution in [0.25, 0.3) is 0 Å². The number of carbonyl (C=O) groups excluding carboxylic acids is 2. The zero-order chi connectivity index (χ0) is 24.4. The van der Waals surface area contributed by atoms with Crippen LogP contribution >= 0.6 is 0 Å². The van der Waals surface area contributed by atoms with E-state index < -0.39 is 17.8 Å². The first-order valence-electron chi connectivity index (χ1n) is 12.9. The third-order valence-corrected chi connectivity index (χ3v) is 7.60. The summed E-state index contributed by atoms with van der Waals surface area (Å²) in [7, 11) is 0. The molecule has 2 aromatic carbocycles. The molecule has 2 unspecified atom stereocenters. The molecule has 5 rings (SSSR count). The van der Waals surface area contributed by atoms with Crippen LogP contribution in [0.3, 0.4) is 0 Å². The number of nitrogens with one attached hydrogen (secondary N) is 2. The van der Waals surface area contributed by atoms with E-state index in [9.17, 15) is 9.59 Å². The number of nitrogens with zero attached hydrogens (tertiary/aromatic N) is 2. The van der Waals surface area contributed by atoms with Crippen LogP contribution in [0.1, 0.15) is 41.5 Å². The Kier molecular flexibility index (Phi) is 6.91. The SMILES string of the molecule is Cc1ccc(C2(c3ccc(C)cc3)OC(=O)C3CNCC(C(=O)NCCN4CCCCC4)N32)cc1. The number of amides is 1. The van der Waals surface area contributed by atoms with Gasteiger partial charge in [0.15, 0.2) is 0 Å². The minimum atomic E-state index is -1.15. The van der Waals surface area contributed by atoms with E-state index in [1.807, 2.05) is 67.3 Å². The van der Waals surface area contributed by atoms with Crippen molar-refractivity contribution in [3.05, 3.63) is 70.8 Å². The van der Waals surface area contributed by atoms with Crippen LogP contribution < -0.4 is 10.6 Å². The molecule has 1 amide bonds. The molecule has 3 heterocycles. The Labute approximate surface area is 207 Å². The quantitative estimate of drug-likeness (QED) is 0.624. The molecule has 3 aliphatic rings. The predicted octanol–water partition coefficient (Wildman–Crippen LogP) is 2.31. The molecule has 0 aromatic heterocycles. The maximum atomic E-state index is 13.6. The van der Waals surface area contributed by atoms with Gasteiger partial charge in [-0.2, -0.15) is 0 Å². The summed E-state index contributed by atoms with van der Waals surface area (Å²) in [5.41, 5.74) is 2.81. The van der Waals surface area contributed by atoms with Crippen molar-refractivity contribution in [2.24, 2.45) is 0 Å². The lowest BCUT2D eigenvalue weighted by Gasteiger charge is -2.44. The Morgan fingerprint density at radius 3 is 2.17 bits per heavy atom. The van der Waals surface area contributed by atoms with E-state index in [1.54, 1.807) is 0 Å². The topological polar surface area (TPSA) is 73.9 Å². The zero-order valence-electron chi connectivity index (χ0n) is 20.8. The van der Waals surface area contributed by atoms with Gasteiger partial charge in [-0.05, 0) is 39.8 Å². The van der Waals surface area contributed by atoms with Crippen molar-refractivity contribution < 1.29 is 14.3 Å². The zero-order valence-corrected chi connectivity index (χ0v) is 20.8. The lowest BCUT2D eigenvalue weighted by atomic mass is 9.89. The van der Waals surface area contributed by atoms with Crippen molar-refractivity contribution in [2.45, 2.75) is 50.9 Å². The fourth-order valence-corrected chi connectivity index (χ4v) is 5.67. The van der Waals surface area contributed by atoms with Crippen LogP contribution in [-0.2, 0) is 20.1 Å². The number of rotatable bonds is 6. The monoisotopic (exact) mass is 476 g/mol. The second kappa shape index (κ2) is 10.1. The lowest BCUT2D eigenvalue weighted by Crippen LogP contribution is -2.66. The van der Waals surface area contributed by atoms with E-state index in [0.717, 1.165) is 41.9 Å². The number of ether oxygens (including phenoxy) is 1. The van der Waals surface area contributed by atoms with Crippen LogP contribution in [0.5, 0.6) is 0 Å². The molecule has 0 aliphatic carbocycles. The standard InChI is InChI=1S/C28H36N4O3/c1-20-6-10-22(11-7-20)28(23-12-8-21(2)9-13-23)32-24(18-29-19-25(32)27(34)35-28)26(33)30-14-17-31-15-4-3-5-16-31/h6-13,24-25,29H,3-5,14-19H2,1-2H3,(H,30,33). The third kappa shape index (κ3) is 4.60. The van der Waals surface area contributed by atoms with Crippen molar-refractivity contribution in [2.75, 3.05) is 39.3 Å². The van der Waals surface area contributed by atoms with Gasteiger partial charge in [-0.15, -0.1) is 0 Å². The van der Waals surface area contributed by atoms with Gasteiger partial charge in [-0.3, -0.25) is 9.59 Å². The highest BCUT2D eigenvalue weighted by Gasteiger charge is 2.60. The number of aryl methyl sites for hydroxylation is 2. The molecule has 0 radical (unpaired) electrons. The normalized spacial score (nSPS) is 24.6. The van der Waals surface area contributed by atoms with E-state index in [1.165, 1.54) is 19.3 Å². The summed E-state index contributed by atoms with van der Waals surface area (Å²) in [4.78, 5) is 31.2. The molecule has 2 N–H and O–H groups in total. The van der Waals surface area contributed by atoms with Gasteiger partial charge in [0.25, 0.3) is 0 Å². The number of hydrogen-bond donors (Lipinski definition) is 2. The molecule has 3 aliphatic heterocycles. The van der Waals surface area contributed by atoms with Crippen LogP contribution in [0.2, 0.25) is 0 Å². The lowest BCUT2D eigenvalue weighted by molar-refractivity contribution is -0.153. The molecule has 186 valence electrons. The summed E-state index contributed by atoms with van der Waals surface area (Å²) in [6.07, 6.45) is 3.75. The predicted molar refractivity (Wildman–Crippen MR) is 135 cm³/mol. The maximum Gasteiger partial charge on any atom is 0.327 e. The van der Waals surface area contributed by atoms with Gasteiger partial charge in [0, 0.05) is 37.3 Å². The van der Waals surface area contributed by atoms with E-state index >= 15 is 0 Å². The second-order valence-corrected chi connectivity index (χ2v) is 10.1. The highest BCUT2D eigenvalue weighted by molar-refractivity contribution is 5.86. The van der Waals surface area contributed by atoms with E-state index in [0.29, 0.717) is 19.6 Å². The smallest absolute Gasteiger partial charge is 0.327 e. The number of hydrogen-bond acceptors (Lipinski definition) is 6. The molecule has 0 bridgehead atoms. The van der Waals surface area contributed by atoms with Gasteiger partial charge >= 0.3 is 5.97 Å². The minimum absolute atomic E-state index is 0.0684. The van der Waals surface area contributed by atoms with Crippen molar-refractivity contribution >= 4 is 11.9 Å². The molecule has 0 spiro atoms. The summed E-state index contributed by atoms with van der Waals surface area (Å²) in [5.74, 6) is -0.370. The summed E-state index contributed by atoms with van der Waals surface area (Å²) in [6.45, 7) is 8.64. The molecule has 2 atom stereocenters. The molecule has 0 saturated carbocycles. The first-order chi connectivity index (χ1) is 17.0. The first-order valence-corrected chi connectivity index (χ1v) is 12.9. The Balaban J connectivity index is 1.47. The third-order valence-electron chi connectivity index (χ3n) is 7.60. The van der Waals surface area contributed by atoms with Gasteiger partial charge in [0.2, 0.25) is 11.6 Å². The van der Waals surface area contributed by atoms with Crippen LogP contribution in [0.4, 0.5) is 0 Å². The second-order valence-electron chi connectivity index (χ2n) is 10.1. The van der Waals surface area contributed by atoms with Gasteiger partial charge < -0.3 is 20.3 Å². The Morgan fingerprint density at radius 1 is 0.971 bits per heavy atom. The van der Waals surface area contributed by atoms with E-state index in [4.69, 9.17) is 4.74 Å². The molecule has 3 fully saturated rings. The molecule has 3 saturated heterocycles. The molecule has 7 heteroatoms. The van der Waals surface area contributed by atoms with Crippen molar-refractivity contribution in [1.29, 1.82) is 0 Å². The minimum Gasteiger partial charge on any atom is -0.434 e. The first kappa shape index (κ1) is 24.0. The molecule has 2 aromatic rings. The maximum absolute atomic E-state index is 13.6. The number of benzene rings is 2. The Bertz CT molecular complexity index is 1000. The summed E-state index contributed by atoms with van der Waals surface area (Å²) < 4.78 is 6.29. The van der Waals surface area contributed by atoms with Gasteiger partial charge in [0.05, 0.1) is 0 Å². The average molecular weight is 477 g/mol. The molecular formula is C28H36N4O3. The summed E-state index contributed by atoms with van der Waals surface area (Å²) in [6, 6.07) is 15.1. The summed E-state index contributed by atoms with van der Waals surface area (Å²) in [5, 5.41) is 6.46. The number of piperazine rings is 1. The largest absolute Gasteiger partial charge is 0.434 e. The molecule has 7 nitrogen and oxygen atoms in total. The highest BCUT2D eigenvalue weighted by Crippen LogP contribution is 2.46. The van der Waals surface area contributed by atoms with E-state index in [-0.39, 0.29) is 11.9 Å². The van der Waals surface area contributed by atoms with Crippen molar-refractivity contribution in [3.8, 4) is 0 Å². The van der Waals surface area contributed by atoms with Crippen LogP contribution in [-0.4, -0.2) is 73.0 Å². The number of esters is 1. The number of carbonyl (C=O) groups is 2. The fourth-order valence-electron chi connectivity index (χ4n) is 5.67. The van der Waals surface area contributed by atoms with Gasteiger partial charge in [-0.25, -0.2) is 4.90 Å². The fraction of sp³-hybridized carbons (Fsp3) is 0.500. The van der Waals surface area contributed by atoms with E-state index in [2.05, 4.69) is 15.5 Å². The van der Waals surface area contributed by atoms with Gasteiger partial charge in [-0.1, -0.05) is 66.1 Å². The highest BCUT2D eigenvalue weighted by atomic mass is 16.6. The van der Waals surface area contributed by atoms with Crippen LogP contribution in [0, 0.1) is 13.8 Å². The summed E-state index contributed by atoms with van der Waals surface area (Å²) >= 11 is 0. The number of cyclic esters (lactones) is 1.